The van der Waals surface area contributed by atoms with E-state index in [-0.39, 0.29) is 5.91 Å². The molecular weight excluding hydrogens is 378 g/mol. The molecule has 2 aromatic carbocycles. The van der Waals surface area contributed by atoms with Crippen LogP contribution in [0.5, 0.6) is 0 Å². The molecule has 0 aliphatic heterocycles. The largest absolute Gasteiger partial charge is 0.326 e. The fourth-order valence-corrected chi connectivity index (χ4v) is 3.25. The van der Waals surface area contributed by atoms with Crippen LogP contribution in [0.2, 0.25) is 0 Å². The van der Waals surface area contributed by atoms with Crippen molar-refractivity contribution in [3.8, 4) is 17.1 Å². The van der Waals surface area contributed by atoms with Crippen molar-refractivity contribution in [3.63, 3.8) is 0 Å². The first-order chi connectivity index (χ1) is 14.6. The predicted octanol–water partition coefficient (Wildman–Crippen LogP) is 3.56. The second kappa shape index (κ2) is 8.69. The van der Waals surface area contributed by atoms with Crippen LogP contribution in [0.1, 0.15) is 24.2 Å². The van der Waals surface area contributed by atoms with Crippen molar-refractivity contribution in [1.29, 1.82) is 0 Å². The van der Waals surface area contributed by atoms with E-state index in [1.807, 2.05) is 79.2 Å². The molecule has 4 aromatic rings. The molecule has 0 saturated carbocycles. The lowest BCUT2D eigenvalue weighted by molar-refractivity contribution is -0.116. The van der Waals surface area contributed by atoms with E-state index in [0.717, 1.165) is 28.3 Å². The number of aromatic nitrogens is 6. The molecule has 8 nitrogen and oxygen atoms in total. The fraction of sp³-hybridized carbons (Fsp3) is 0.227. The summed E-state index contributed by atoms with van der Waals surface area (Å²) in [5.74, 6) is 0.532. The van der Waals surface area contributed by atoms with Crippen LogP contribution in [0.15, 0.2) is 60.7 Å². The molecule has 152 valence electrons. The molecule has 0 radical (unpaired) electrons. The maximum atomic E-state index is 12.3. The Labute approximate surface area is 174 Å². The lowest BCUT2D eigenvalue weighted by atomic mass is 10.2. The summed E-state index contributed by atoms with van der Waals surface area (Å²) in [7, 11) is 0. The smallest absolute Gasteiger partial charge is 0.224 e. The summed E-state index contributed by atoms with van der Waals surface area (Å²) >= 11 is 0. The number of rotatable bonds is 7. The van der Waals surface area contributed by atoms with Crippen LogP contribution >= 0.6 is 0 Å². The zero-order chi connectivity index (χ0) is 20.9. The average molecular weight is 401 g/mol. The van der Waals surface area contributed by atoms with Gasteiger partial charge in [0.15, 0.2) is 0 Å². The molecule has 8 heteroatoms. The number of carbonyl (C=O) groups is 1. The number of nitrogens with zero attached hydrogens (tertiary/aromatic N) is 6. The Morgan fingerprint density at radius 3 is 2.60 bits per heavy atom. The van der Waals surface area contributed by atoms with Crippen LogP contribution in [0.25, 0.3) is 17.1 Å². The van der Waals surface area contributed by atoms with Gasteiger partial charge < -0.3 is 5.32 Å². The molecule has 0 spiro atoms. The summed E-state index contributed by atoms with van der Waals surface area (Å²) in [6.45, 7) is 4.49. The van der Waals surface area contributed by atoms with Gasteiger partial charge in [0.25, 0.3) is 0 Å². The Kier molecular flexibility index (Phi) is 5.65. The molecular formula is C22H23N7O. The number of amides is 1. The summed E-state index contributed by atoms with van der Waals surface area (Å²) in [5, 5.41) is 19.9. The molecule has 1 amide bonds. The summed E-state index contributed by atoms with van der Waals surface area (Å²) < 4.78 is 1.87. The van der Waals surface area contributed by atoms with Gasteiger partial charge >= 0.3 is 0 Å². The van der Waals surface area contributed by atoms with Crippen molar-refractivity contribution < 1.29 is 4.79 Å². The molecule has 1 N–H and O–H groups in total. The van der Waals surface area contributed by atoms with Crippen LogP contribution in [0, 0.1) is 13.8 Å². The Morgan fingerprint density at radius 1 is 1.00 bits per heavy atom. The maximum absolute atomic E-state index is 12.3. The molecule has 2 aromatic heterocycles. The lowest BCUT2D eigenvalue weighted by Crippen LogP contribution is -2.13. The minimum Gasteiger partial charge on any atom is -0.326 e. The van der Waals surface area contributed by atoms with E-state index in [4.69, 9.17) is 0 Å². The van der Waals surface area contributed by atoms with Crippen molar-refractivity contribution in [3.05, 3.63) is 72.1 Å². The third-order valence-corrected chi connectivity index (χ3v) is 4.63. The minimum atomic E-state index is -0.0519. The van der Waals surface area contributed by atoms with Gasteiger partial charge in [-0.3, -0.25) is 4.79 Å². The van der Waals surface area contributed by atoms with Crippen LogP contribution in [0.3, 0.4) is 0 Å². The zero-order valence-electron chi connectivity index (χ0n) is 17.0. The minimum absolute atomic E-state index is 0.0519. The number of tetrazole rings is 1. The van der Waals surface area contributed by atoms with Gasteiger partial charge in [0.1, 0.15) is 0 Å². The van der Waals surface area contributed by atoms with Gasteiger partial charge in [-0.15, -0.1) is 10.2 Å². The van der Waals surface area contributed by atoms with E-state index in [1.165, 1.54) is 4.80 Å². The van der Waals surface area contributed by atoms with Crippen molar-refractivity contribution in [2.75, 3.05) is 5.32 Å². The van der Waals surface area contributed by atoms with Crippen molar-refractivity contribution in [2.45, 2.75) is 33.2 Å². The first-order valence-electron chi connectivity index (χ1n) is 9.85. The van der Waals surface area contributed by atoms with Crippen molar-refractivity contribution >= 4 is 11.6 Å². The highest BCUT2D eigenvalue weighted by molar-refractivity contribution is 5.90. The average Bonchev–Trinajstić information content (AvgIpc) is 3.35. The number of nitrogens with one attached hydrogen (secondary N) is 1. The molecule has 4 rings (SSSR count). The van der Waals surface area contributed by atoms with Gasteiger partial charge in [0.2, 0.25) is 11.7 Å². The number of carbonyl (C=O) groups excluding carboxylic acids is 1. The lowest BCUT2D eigenvalue weighted by Gasteiger charge is -2.09. The Hall–Kier alpha value is -3.81. The molecule has 0 saturated heterocycles. The highest BCUT2D eigenvalue weighted by atomic mass is 16.1. The molecule has 0 unspecified atom stereocenters. The van der Waals surface area contributed by atoms with Gasteiger partial charge in [-0.2, -0.15) is 9.90 Å². The summed E-state index contributed by atoms with van der Waals surface area (Å²) in [6, 6.07) is 19.4. The molecule has 2 heterocycles. The number of hydrogen-bond donors (Lipinski definition) is 1. The second-order valence-corrected chi connectivity index (χ2v) is 7.12. The second-order valence-electron chi connectivity index (χ2n) is 7.12. The van der Waals surface area contributed by atoms with Gasteiger partial charge in [-0.1, -0.05) is 36.4 Å². The molecule has 0 bridgehead atoms. The van der Waals surface area contributed by atoms with Crippen molar-refractivity contribution in [2.24, 2.45) is 0 Å². The summed E-state index contributed by atoms with van der Waals surface area (Å²) in [6.07, 6.45) is 0.986. The zero-order valence-corrected chi connectivity index (χ0v) is 17.0. The highest BCUT2D eigenvalue weighted by Gasteiger charge is 2.08. The van der Waals surface area contributed by atoms with Gasteiger partial charge in [-0.05, 0) is 49.7 Å². The molecule has 30 heavy (non-hydrogen) atoms. The number of benzene rings is 2. The van der Waals surface area contributed by atoms with E-state index >= 15 is 0 Å². The first kappa shape index (κ1) is 19.5. The predicted molar refractivity (Wildman–Crippen MR) is 114 cm³/mol. The number of hydrogen-bond acceptors (Lipinski definition) is 5. The number of anilines is 1. The normalized spacial score (nSPS) is 10.9. The van der Waals surface area contributed by atoms with E-state index in [0.29, 0.717) is 25.2 Å². The molecule has 0 fully saturated rings. The molecule has 0 atom stereocenters. The standard InChI is InChI=1S/C22H23N7O/c1-16-14-17(2)29(25-16)20-11-6-10-19(15-20)23-21(30)12-7-13-28-26-22(24-27-28)18-8-4-3-5-9-18/h3-6,8-11,14-15H,7,12-13H2,1-2H3,(H,23,30). The van der Waals surface area contributed by atoms with Crippen LogP contribution in [0.4, 0.5) is 5.69 Å². The van der Waals surface area contributed by atoms with E-state index < -0.39 is 0 Å². The third-order valence-electron chi connectivity index (χ3n) is 4.63. The summed E-state index contributed by atoms with van der Waals surface area (Å²) in [4.78, 5) is 13.9. The SMILES string of the molecule is Cc1cc(C)n(-c2cccc(NC(=O)CCCn3nnc(-c4ccccc4)n3)c2)n1. The van der Waals surface area contributed by atoms with Gasteiger partial charge in [-0.25, -0.2) is 4.68 Å². The summed E-state index contributed by atoms with van der Waals surface area (Å²) in [5.41, 5.74) is 4.59. The maximum Gasteiger partial charge on any atom is 0.224 e. The van der Waals surface area contributed by atoms with E-state index in [2.05, 4.69) is 25.8 Å². The number of aryl methyl sites for hydroxylation is 3. The van der Waals surface area contributed by atoms with Crippen LogP contribution in [-0.4, -0.2) is 35.9 Å². The topological polar surface area (TPSA) is 90.5 Å². The first-order valence-corrected chi connectivity index (χ1v) is 9.85. The third kappa shape index (κ3) is 4.60. The molecule has 0 aliphatic carbocycles. The molecule has 0 aliphatic rings. The van der Waals surface area contributed by atoms with Crippen LogP contribution in [-0.2, 0) is 11.3 Å². The Morgan fingerprint density at radius 2 is 1.83 bits per heavy atom. The van der Waals surface area contributed by atoms with E-state index in [9.17, 15) is 4.79 Å². The highest BCUT2D eigenvalue weighted by Crippen LogP contribution is 2.17. The quantitative estimate of drug-likeness (QED) is 0.511. The fourth-order valence-electron chi connectivity index (χ4n) is 3.25. The Balaban J connectivity index is 1.31. The van der Waals surface area contributed by atoms with Crippen molar-refractivity contribution in [1.82, 2.24) is 30.0 Å². The van der Waals surface area contributed by atoms with E-state index in [1.54, 1.807) is 0 Å². The Bertz CT molecular complexity index is 1150. The van der Waals surface area contributed by atoms with Crippen LogP contribution < -0.4 is 5.32 Å². The van der Waals surface area contributed by atoms with Gasteiger partial charge in [0.05, 0.1) is 17.9 Å². The monoisotopic (exact) mass is 401 g/mol. The van der Waals surface area contributed by atoms with Gasteiger partial charge in [0, 0.05) is 23.4 Å².